The Kier molecular flexibility index (Phi) is 3.88. The van der Waals surface area contributed by atoms with E-state index in [2.05, 4.69) is 15.4 Å². The van der Waals surface area contributed by atoms with Crippen molar-refractivity contribution in [3.05, 3.63) is 29.7 Å². The predicted molar refractivity (Wildman–Crippen MR) is 75.5 cm³/mol. The highest BCUT2D eigenvalue weighted by molar-refractivity contribution is 5.90. The van der Waals surface area contributed by atoms with E-state index in [9.17, 15) is 4.79 Å². The number of hydrogen-bond acceptors (Lipinski definition) is 5. The van der Waals surface area contributed by atoms with Gasteiger partial charge in [0, 0.05) is 6.07 Å². The highest BCUT2D eigenvalue weighted by atomic mass is 16.5. The molecule has 0 saturated carbocycles. The van der Waals surface area contributed by atoms with Crippen LogP contribution in [-0.2, 0) is 11.3 Å². The number of anilines is 2. The van der Waals surface area contributed by atoms with Crippen LogP contribution in [-0.4, -0.2) is 27.8 Å². The molecule has 0 aliphatic heterocycles. The number of ether oxygens (including phenoxy) is 1. The quantitative estimate of drug-likeness (QED) is 0.872. The third kappa shape index (κ3) is 2.87. The number of pyridine rings is 1. The van der Waals surface area contributed by atoms with Crippen molar-refractivity contribution >= 4 is 17.3 Å². The van der Waals surface area contributed by atoms with E-state index in [1.807, 2.05) is 13.8 Å². The lowest BCUT2D eigenvalue weighted by Gasteiger charge is -2.07. The van der Waals surface area contributed by atoms with Gasteiger partial charge in [-0.2, -0.15) is 5.10 Å². The summed E-state index contributed by atoms with van der Waals surface area (Å²) < 4.78 is 6.53. The summed E-state index contributed by atoms with van der Waals surface area (Å²) in [6.07, 6.45) is 1.53. The number of hydrogen-bond donors (Lipinski definition) is 2. The van der Waals surface area contributed by atoms with E-state index in [4.69, 9.17) is 10.5 Å². The van der Waals surface area contributed by atoms with E-state index in [0.717, 1.165) is 11.4 Å². The van der Waals surface area contributed by atoms with Crippen LogP contribution in [0.4, 0.5) is 11.4 Å². The van der Waals surface area contributed by atoms with Crippen LogP contribution >= 0.6 is 0 Å². The van der Waals surface area contributed by atoms with Crippen LogP contribution in [0.2, 0.25) is 0 Å². The zero-order valence-electron chi connectivity index (χ0n) is 11.7. The van der Waals surface area contributed by atoms with Gasteiger partial charge in [0.05, 0.1) is 36.1 Å². The maximum Gasteiger partial charge on any atom is 0.246 e. The molecular formula is C13H17N5O2. The van der Waals surface area contributed by atoms with Gasteiger partial charge in [0.25, 0.3) is 0 Å². The molecule has 1 amide bonds. The zero-order chi connectivity index (χ0) is 14.7. The van der Waals surface area contributed by atoms with Crippen LogP contribution < -0.4 is 15.8 Å². The van der Waals surface area contributed by atoms with Crippen molar-refractivity contribution in [1.82, 2.24) is 14.8 Å². The van der Waals surface area contributed by atoms with E-state index in [-0.39, 0.29) is 12.5 Å². The minimum atomic E-state index is -0.192. The van der Waals surface area contributed by atoms with Gasteiger partial charge in [-0.25, -0.2) is 4.98 Å². The van der Waals surface area contributed by atoms with Gasteiger partial charge in [0.2, 0.25) is 11.8 Å². The number of aryl methyl sites for hydroxylation is 1. The molecule has 2 aromatic heterocycles. The number of aromatic nitrogens is 3. The molecule has 0 unspecified atom stereocenters. The highest BCUT2D eigenvalue weighted by Gasteiger charge is 2.11. The van der Waals surface area contributed by atoms with Crippen LogP contribution in [0.25, 0.3) is 0 Å². The van der Waals surface area contributed by atoms with Gasteiger partial charge in [-0.15, -0.1) is 0 Å². The fourth-order valence-corrected chi connectivity index (χ4v) is 1.78. The number of nitrogens with one attached hydrogen (secondary N) is 1. The number of nitrogens with two attached hydrogens (primary N) is 1. The molecule has 2 heterocycles. The van der Waals surface area contributed by atoms with Crippen molar-refractivity contribution in [2.45, 2.75) is 20.4 Å². The number of carbonyl (C=O) groups excluding carboxylic acids is 1. The molecule has 2 aromatic rings. The van der Waals surface area contributed by atoms with Gasteiger partial charge < -0.3 is 15.8 Å². The minimum absolute atomic E-state index is 0.107. The first-order valence-electron chi connectivity index (χ1n) is 6.10. The van der Waals surface area contributed by atoms with Gasteiger partial charge in [-0.3, -0.25) is 9.48 Å². The first-order valence-corrected chi connectivity index (χ1v) is 6.10. The Bertz CT molecular complexity index is 618. The van der Waals surface area contributed by atoms with Crippen molar-refractivity contribution in [3.8, 4) is 5.88 Å². The maximum absolute atomic E-state index is 11.9. The number of nitrogens with zero attached hydrogens (tertiary/aromatic N) is 3. The van der Waals surface area contributed by atoms with Crippen molar-refractivity contribution in [3.63, 3.8) is 0 Å². The molecular weight excluding hydrogens is 258 g/mol. The zero-order valence-corrected chi connectivity index (χ0v) is 11.7. The number of methoxy groups -OCH3 is 1. The molecule has 2 rings (SSSR count). The fraction of sp³-hybridized carbons (Fsp3) is 0.308. The van der Waals surface area contributed by atoms with Gasteiger partial charge in [0.1, 0.15) is 6.54 Å². The van der Waals surface area contributed by atoms with Crippen LogP contribution in [0.15, 0.2) is 18.3 Å². The lowest BCUT2D eigenvalue weighted by atomic mass is 10.3. The highest BCUT2D eigenvalue weighted by Crippen LogP contribution is 2.15. The molecule has 0 atom stereocenters. The van der Waals surface area contributed by atoms with Crippen molar-refractivity contribution < 1.29 is 9.53 Å². The monoisotopic (exact) mass is 275 g/mol. The van der Waals surface area contributed by atoms with Crippen LogP contribution in [0.5, 0.6) is 5.88 Å². The van der Waals surface area contributed by atoms with E-state index in [1.54, 1.807) is 16.8 Å². The Hall–Kier alpha value is -2.57. The summed E-state index contributed by atoms with van der Waals surface area (Å²) in [4.78, 5) is 16.0. The van der Waals surface area contributed by atoms with E-state index < -0.39 is 0 Å². The minimum Gasteiger partial charge on any atom is -0.481 e. The Morgan fingerprint density at radius 3 is 2.70 bits per heavy atom. The largest absolute Gasteiger partial charge is 0.481 e. The van der Waals surface area contributed by atoms with Crippen molar-refractivity contribution in [2.24, 2.45) is 0 Å². The first kappa shape index (κ1) is 13.9. The molecule has 7 nitrogen and oxygen atoms in total. The summed E-state index contributed by atoms with van der Waals surface area (Å²) in [5.74, 6) is 0.303. The topological polar surface area (TPSA) is 95.1 Å². The molecule has 0 fully saturated rings. The SMILES string of the molecule is COc1ccc(NC(=O)Cn2nc(C)c(N)c2C)cn1. The Labute approximate surface area is 116 Å². The average molecular weight is 275 g/mol. The molecule has 0 saturated heterocycles. The molecule has 0 aliphatic carbocycles. The van der Waals surface area contributed by atoms with Gasteiger partial charge >= 0.3 is 0 Å². The van der Waals surface area contributed by atoms with Crippen LogP contribution in [0.1, 0.15) is 11.4 Å². The molecule has 0 aliphatic rings. The molecule has 0 bridgehead atoms. The lowest BCUT2D eigenvalue weighted by molar-refractivity contribution is -0.116. The summed E-state index contributed by atoms with van der Waals surface area (Å²) in [6.45, 7) is 3.75. The average Bonchev–Trinajstić information content (AvgIpc) is 2.67. The fourth-order valence-electron chi connectivity index (χ4n) is 1.78. The molecule has 0 aromatic carbocycles. The van der Waals surface area contributed by atoms with Crippen LogP contribution in [0, 0.1) is 13.8 Å². The number of nitrogen functional groups attached to an aromatic ring is 1. The second kappa shape index (κ2) is 5.60. The molecule has 106 valence electrons. The Morgan fingerprint density at radius 1 is 1.45 bits per heavy atom. The summed E-state index contributed by atoms with van der Waals surface area (Å²) in [6, 6.07) is 3.40. The normalized spacial score (nSPS) is 10.3. The van der Waals surface area contributed by atoms with E-state index >= 15 is 0 Å². The number of carbonyl (C=O) groups is 1. The summed E-state index contributed by atoms with van der Waals surface area (Å²) in [7, 11) is 1.54. The second-order valence-corrected chi connectivity index (χ2v) is 4.38. The molecule has 0 spiro atoms. The first-order chi connectivity index (χ1) is 9.51. The number of amides is 1. The standard InChI is InChI=1S/C13H17N5O2/c1-8-13(14)9(2)18(17-8)7-11(19)16-10-4-5-12(20-3)15-6-10/h4-6H,7,14H2,1-3H3,(H,16,19). The third-order valence-electron chi connectivity index (χ3n) is 2.96. The van der Waals surface area contributed by atoms with Gasteiger partial charge in [0.15, 0.2) is 0 Å². The second-order valence-electron chi connectivity index (χ2n) is 4.38. The maximum atomic E-state index is 11.9. The number of rotatable bonds is 4. The third-order valence-corrected chi connectivity index (χ3v) is 2.96. The van der Waals surface area contributed by atoms with Crippen molar-refractivity contribution in [2.75, 3.05) is 18.2 Å². The molecule has 20 heavy (non-hydrogen) atoms. The Morgan fingerprint density at radius 2 is 2.20 bits per heavy atom. The van der Waals surface area contributed by atoms with Crippen molar-refractivity contribution in [1.29, 1.82) is 0 Å². The predicted octanol–water partition coefficient (Wildman–Crippen LogP) is 1.12. The lowest BCUT2D eigenvalue weighted by Crippen LogP contribution is -2.20. The molecule has 3 N–H and O–H groups in total. The molecule has 0 radical (unpaired) electrons. The Balaban J connectivity index is 2.03. The molecule has 7 heteroatoms. The smallest absolute Gasteiger partial charge is 0.246 e. The van der Waals surface area contributed by atoms with Gasteiger partial charge in [-0.05, 0) is 19.9 Å². The summed E-state index contributed by atoms with van der Waals surface area (Å²) >= 11 is 0. The summed E-state index contributed by atoms with van der Waals surface area (Å²) in [5, 5.41) is 6.95. The van der Waals surface area contributed by atoms with Crippen LogP contribution in [0.3, 0.4) is 0 Å². The van der Waals surface area contributed by atoms with Gasteiger partial charge in [-0.1, -0.05) is 0 Å². The van der Waals surface area contributed by atoms with E-state index in [1.165, 1.54) is 13.3 Å². The van der Waals surface area contributed by atoms with E-state index in [0.29, 0.717) is 17.3 Å². The summed E-state index contributed by atoms with van der Waals surface area (Å²) in [5.41, 5.74) is 8.55.